The van der Waals surface area contributed by atoms with Gasteiger partial charge in [0.1, 0.15) is 11.0 Å². The number of furan rings is 1. The van der Waals surface area contributed by atoms with Crippen LogP contribution in [0.2, 0.25) is 0 Å². The molecule has 0 unspecified atom stereocenters. The Balaban J connectivity index is 2.39. The Morgan fingerprint density at radius 2 is 2.04 bits per heavy atom. The topological polar surface area (TPSA) is 76.4 Å². The average molecular weight is 370 g/mol. The molecule has 0 aliphatic carbocycles. The monoisotopic (exact) mass is 369 g/mol. The standard InChI is InChI=1S/C17H20ClNO4S/c1-12-5-6-13(2)15(10-12)24(21,22)16(14-4-3-9-23-14)11-19-17(20)7-8-18/h3-6,9-10,16H,7-8,11H2,1-2H3,(H,19,20)/t16-/m1/s1. The molecule has 1 atom stereocenters. The van der Waals surface area contributed by atoms with Crippen LogP contribution in [-0.4, -0.2) is 26.7 Å². The maximum atomic E-state index is 13.1. The summed E-state index contributed by atoms with van der Waals surface area (Å²) in [4.78, 5) is 11.9. The van der Waals surface area contributed by atoms with E-state index in [1.807, 2.05) is 13.0 Å². The first-order valence-corrected chi connectivity index (χ1v) is 9.61. The van der Waals surface area contributed by atoms with Crippen molar-refractivity contribution in [2.45, 2.75) is 30.4 Å². The zero-order chi connectivity index (χ0) is 17.7. The van der Waals surface area contributed by atoms with E-state index in [0.717, 1.165) is 5.56 Å². The number of carbonyl (C=O) groups is 1. The maximum Gasteiger partial charge on any atom is 0.221 e. The lowest BCUT2D eigenvalue weighted by atomic mass is 10.2. The summed E-state index contributed by atoms with van der Waals surface area (Å²) in [6.07, 6.45) is 1.55. The second-order valence-corrected chi connectivity index (χ2v) is 8.04. The highest BCUT2D eigenvalue weighted by Crippen LogP contribution is 2.31. The fraction of sp³-hybridized carbons (Fsp3) is 0.353. The highest BCUT2D eigenvalue weighted by molar-refractivity contribution is 7.91. The van der Waals surface area contributed by atoms with Crippen LogP contribution in [0.1, 0.15) is 28.6 Å². The molecule has 0 bridgehead atoms. The first kappa shape index (κ1) is 18.5. The fourth-order valence-corrected chi connectivity index (χ4v) is 4.47. The van der Waals surface area contributed by atoms with Crippen LogP contribution in [0, 0.1) is 13.8 Å². The van der Waals surface area contributed by atoms with Crippen LogP contribution >= 0.6 is 11.6 Å². The predicted molar refractivity (Wildman–Crippen MR) is 92.9 cm³/mol. The second kappa shape index (κ2) is 7.85. The van der Waals surface area contributed by atoms with Crippen LogP contribution in [0.25, 0.3) is 0 Å². The molecule has 0 saturated carbocycles. The number of hydrogen-bond acceptors (Lipinski definition) is 4. The van der Waals surface area contributed by atoms with Gasteiger partial charge >= 0.3 is 0 Å². The van der Waals surface area contributed by atoms with Gasteiger partial charge in [-0.1, -0.05) is 12.1 Å². The van der Waals surface area contributed by atoms with Gasteiger partial charge in [-0.3, -0.25) is 4.79 Å². The average Bonchev–Trinajstić information content (AvgIpc) is 3.04. The number of halogens is 1. The number of benzene rings is 1. The van der Waals surface area contributed by atoms with Crippen molar-refractivity contribution in [3.63, 3.8) is 0 Å². The van der Waals surface area contributed by atoms with Gasteiger partial charge in [-0.15, -0.1) is 11.6 Å². The van der Waals surface area contributed by atoms with E-state index in [-0.39, 0.29) is 29.6 Å². The molecule has 5 nitrogen and oxygen atoms in total. The molecule has 1 aromatic carbocycles. The SMILES string of the molecule is Cc1ccc(C)c(S(=O)(=O)[C@H](CNC(=O)CCCl)c2ccco2)c1. The van der Waals surface area contributed by atoms with Crippen molar-refractivity contribution in [2.24, 2.45) is 0 Å². The first-order valence-electron chi connectivity index (χ1n) is 7.53. The summed E-state index contributed by atoms with van der Waals surface area (Å²) in [5, 5.41) is 1.63. The van der Waals surface area contributed by atoms with Gasteiger partial charge in [0, 0.05) is 18.8 Å². The van der Waals surface area contributed by atoms with Crippen molar-refractivity contribution in [2.75, 3.05) is 12.4 Å². The van der Waals surface area contributed by atoms with Gasteiger partial charge in [-0.2, -0.15) is 0 Å². The van der Waals surface area contributed by atoms with Crippen LogP contribution in [0.15, 0.2) is 45.9 Å². The molecule has 1 aromatic heterocycles. The zero-order valence-electron chi connectivity index (χ0n) is 13.6. The highest BCUT2D eigenvalue weighted by atomic mass is 35.5. The molecule has 0 spiro atoms. The summed E-state index contributed by atoms with van der Waals surface area (Å²) in [6.45, 7) is 3.51. The van der Waals surface area contributed by atoms with E-state index < -0.39 is 15.1 Å². The Morgan fingerprint density at radius 1 is 1.29 bits per heavy atom. The molecule has 0 fully saturated rings. The Hall–Kier alpha value is -1.79. The van der Waals surface area contributed by atoms with Gasteiger partial charge in [-0.05, 0) is 43.2 Å². The molecule has 1 N–H and O–H groups in total. The molecule has 2 aromatic rings. The van der Waals surface area contributed by atoms with Crippen molar-refractivity contribution in [3.8, 4) is 0 Å². The molecule has 2 rings (SSSR count). The minimum absolute atomic E-state index is 0.0705. The molecule has 0 saturated heterocycles. The van der Waals surface area contributed by atoms with Gasteiger partial charge < -0.3 is 9.73 Å². The number of rotatable bonds is 7. The Labute approximate surface area is 146 Å². The van der Waals surface area contributed by atoms with Crippen LogP contribution in [-0.2, 0) is 14.6 Å². The van der Waals surface area contributed by atoms with E-state index in [4.69, 9.17) is 16.0 Å². The van der Waals surface area contributed by atoms with Crippen LogP contribution in [0.5, 0.6) is 0 Å². The Kier molecular flexibility index (Phi) is 6.07. The molecule has 0 radical (unpaired) electrons. The number of carbonyl (C=O) groups excluding carboxylic acids is 1. The third-order valence-electron chi connectivity index (χ3n) is 3.69. The summed E-state index contributed by atoms with van der Waals surface area (Å²) < 4.78 is 31.6. The van der Waals surface area contributed by atoms with E-state index in [0.29, 0.717) is 11.3 Å². The van der Waals surface area contributed by atoms with Crippen molar-refractivity contribution in [1.29, 1.82) is 0 Å². The molecule has 1 heterocycles. The van der Waals surface area contributed by atoms with Gasteiger partial charge in [0.15, 0.2) is 9.84 Å². The van der Waals surface area contributed by atoms with Crippen LogP contribution in [0.3, 0.4) is 0 Å². The van der Waals surface area contributed by atoms with E-state index in [2.05, 4.69) is 5.32 Å². The van der Waals surface area contributed by atoms with E-state index in [9.17, 15) is 13.2 Å². The summed E-state index contributed by atoms with van der Waals surface area (Å²) in [6, 6.07) is 8.50. The van der Waals surface area contributed by atoms with Gasteiger partial charge in [0.2, 0.25) is 5.91 Å². The summed E-state index contributed by atoms with van der Waals surface area (Å²) in [5.74, 6) is 0.181. The number of hydrogen-bond donors (Lipinski definition) is 1. The number of sulfone groups is 1. The van der Waals surface area contributed by atoms with Crippen molar-refractivity contribution >= 4 is 27.3 Å². The van der Waals surface area contributed by atoms with Crippen LogP contribution in [0.4, 0.5) is 0 Å². The molecule has 0 aliphatic heterocycles. The normalized spacial score (nSPS) is 12.8. The Bertz CT molecular complexity index is 800. The minimum Gasteiger partial charge on any atom is -0.468 e. The smallest absolute Gasteiger partial charge is 0.221 e. The van der Waals surface area contributed by atoms with E-state index in [1.54, 1.807) is 31.2 Å². The van der Waals surface area contributed by atoms with Crippen molar-refractivity contribution < 1.29 is 17.6 Å². The number of nitrogens with one attached hydrogen (secondary N) is 1. The summed E-state index contributed by atoms with van der Waals surface area (Å²) in [7, 11) is -3.73. The van der Waals surface area contributed by atoms with Gasteiger partial charge in [0.25, 0.3) is 0 Å². The fourth-order valence-electron chi connectivity index (χ4n) is 2.39. The molecular formula is C17H20ClNO4S. The third-order valence-corrected chi connectivity index (χ3v) is 6.08. The van der Waals surface area contributed by atoms with Crippen molar-refractivity contribution in [3.05, 3.63) is 53.5 Å². The lowest BCUT2D eigenvalue weighted by Crippen LogP contribution is -2.32. The third kappa shape index (κ3) is 4.19. The molecule has 0 aliphatic rings. The van der Waals surface area contributed by atoms with Crippen LogP contribution < -0.4 is 5.32 Å². The molecule has 7 heteroatoms. The van der Waals surface area contributed by atoms with Crippen molar-refractivity contribution in [1.82, 2.24) is 5.32 Å². The zero-order valence-corrected chi connectivity index (χ0v) is 15.2. The van der Waals surface area contributed by atoms with E-state index >= 15 is 0 Å². The largest absolute Gasteiger partial charge is 0.468 e. The van der Waals surface area contributed by atoms with E-state index in [1.165, 1.54) is 6.26 Å². The highest BCUT2D eigenvalue weighted by Gasteiger charge is 2.32. The second-order valence-electron chi connectivity index (χ2n) is 5.56. The summed E-state index contributed by atoms with van der Waals surface area (Å²) in [5.41, 5.74) is 1.51. The first-order chi connectivity index (χ1) is 11.4. The Morgan fingerprint density at radius 3 is 2.67 bits per heavy atom. The number of aryl methyl sites for hydroxylation is 2. The lowest BCUT2D eigenvalue weighted by Gasteiger charge is -2.18. The molecule has 1 amide bonds. The maximum absolute atomic E-state index is 13.1. The number of amides is 1. The summed E-state index contributed by atoms with van der Waals surface area (Å²) >= 11 is 5.54. The van der Waals surface area contributed by atoms with Gasteiger partial charge in [0.05, 0.1) is 11.2 Å². The quantitative estimate of drug-likeness (QED) is 0.760. The molecular weight excluding hydrogens is 350 g/mol. The lowest BCUT2D eigenvalue weighted by molar-refractivity contribution is -0.120. The number of alkyl halides is 1. The molecule has 130 valence electrons. The minimum atomic E-state index is -3.73. The predicted octanol–water partition coefficient (Wildman–Crippen LogP) is 3.16. The van der Waals surface area contributed by atoms with Gasteiger partial charge in [-0.25, -0.2) is 8.42 Å². The molecule has 24 heavy (non-hydrogen) atoms.